The number of carbonyl (C=O) groups is 2. The Morgan fingerprint density at radius 2 is 1.92 bits per heavy atom. The van der Waals surface area contributed by atoms with E-state index in [1.165, 1.54) is 12.2 Å². The van der Waals surface area contributed by atoms with Crippen molar-refractivity contribution >= 4 is 11.9 Å². The van der Waals surface area contributed by atoms with Crippen LogP contribution in [0.5, 0.6) is 0 Å². The first-order chi connectivity index (χ1) is 5.70. The van der Waals surface area contributed by atoms with Crippen LogP contribution in [-0.2, 0) is 14.3 Å². The van der Waals surface area contributed by atoms with Crippen molar-refractivity contribution in [3.8, 4) is 0 Å². The summed E-state index contributed by atoms with van der Waals surface area (Å²) < 4.78 is 4.41. The van der Waals surface area contributed by atoms with Crippen LogP contribution < -0.4 is 0 Å². The summed E-state index contributed by atoms with van der Waals surface area (Å²) in [6, 6.07) is 0. The van der Waals surface area contributed by atoms with Crippen LogP contribution in [-0.4, -0.2) is 11.9 Å². The second-order valence-electron chi connectivity index (χ2n) is 2.30. The maximum atomic E-state index is 11.0. The highest BCUT2D eigenvalue weighted by molar-refractivity contribution is 5.99. The maximum Gasteiger partial charge on any atom is 0.341 e. The van der Waals surface area contributed by atoms with E-state index in [0.717, 1.165) is 0 Å². The second kappa shape index (κ2) is 3.67. The molecule has 0 spiro atoms. The van der Waals surface area contributed by atoms with Crippen molar-refractivity contribution in [1.29, 1.82) is 0 Å². The van der Waals surface area contributed by atoms with Crippen molar-refractivity contribution in [1.82, 2.24) is 0 Å². The number of ether oxygens (including phenoxy) is 1. The summed E-state index contributed by atoms with van der Waals surface area (Å²) in [5.41, 5.74) is 0.406. The van der Waals surface area contributed by atoms with Crippen molar-refractivity contribution in [3.63, 3.8) is 0 Å². The van der Waals surface area contributed by atoms with E-state index < -0.39 is 11.9 Å². The lowest BCUT2D eigenvalue weighted by molar-refractivity contribution is -0.153. The standard InChI is InChI=1S/C9H8O3/c1-7-5-3-2-4-6-8(10)12-9(7)11/h2-6H,1H3/b3-2-,6-4+,7-5+. The molecule has 62 valence electrons. The minimum absolute atomic E-state index is 0.406. The predicted molar refractivity (Wildman–Crippen MR) is 43.1 cm³/mol. The van der Waals surface area contributed by atoms with Gasteiger partial charge < -0.3 is 4.74 Å². The van der Waals surface area contributed by atoms with Gasteiger partial charge in [0, 0.05) is 11.6 Å². The van der Waals surface area contributed by atoms with Crippen molar-refractivity contribution < 1.29 is 14.3 Å². The van der Waals surface area contributed by atoms with Gasteiger partial charge in [-0.15, -0.1) is 0 Å². The number of cyclic esters (lactones) is 2. The number of hydrogen-bond donors (Lipinski definition) is 0. The molecule has 1 rings (SSSR count). The Morgan fingerprint density at radius 1 is 1.17 bits per heavy atom. The molecule has 0 bridgehead atoms. The van der Waals surface area contributed by atoms with Gasteiger partial charge in [0.05, 0.1) is 0 Å². The van der Waals surface area contributed by atoms with Gasteiger partial charge in [-0.2, -0.15) is 0 Å². The molecule has 0 aromatic rings. The van der Waals surface area contributed by atoms with Gasteiger partial charge in [-0.25, -0.2) is 9.59 Å². The maximum absolute atomic E-state index is 11.0. The summed E-state index contributed by atoms with van der Waals surface area (Å²) in [6.45, 7) is 1.59. The van der Waals surface area contributed by atoms with E-state index in [4.69, 9.17) is 0 Å². The van der Waals surface area contributed by atoms with Crippen LogP contribution in [0.25, 0.3) is 0 Å². The molecule has 3 nitrogen and oxygen atoms in total. The van der Waals surface area contributed by atoms with Crippen LogP contribution >= 0.6 is 0 Å². The fourth-order valence-electron chi connectivity index (χ4n) is 0.672. The molecule has 0 saturated carbocycles. The van der Waals surface area contributed by atoms with Crippen molar-refractivity contribution in [3.05, 3.63) is 36.0 Å². The van der Waals surface area contributed by atoms with Crippen LogP contribution in [0.4, 0.5) is 0 Å². The molecule has 0 aromatic heterocycles. The van der Waals surface area contributed by atoms with E-state index in [1.54, 1.807) is 25.2 Å². The molecule has 0 saturated heterocycles. The van der Waals surface area contributed by atoms with Crippen LogP contribution in [0.1, 0.15) is 6.92 Å². The number of carbonyl (C=O) groups excluding carboxylic acids is 2. The van der Waals surface area contributed by atoms with E-state index in [-0.39, 0.29) is 0 Å². The third-order valence-corrected chi connectivity index (χ3v) is 1.32. The molecule has 1 aliphatic heterocycles. The van der Waals surface area contributed by atoms with Crippen LogP contribution in [0.2, 0.25) is 0 Å². The third kappa shape index (κ3) is 2.20. The Bertz CT molecular complexity index is 295. The average Bonchev–Trinajstić information content (AvgIpc) is 2.07. The van der Waals surface area contributed by atoms with Gasteiger partial charge >= 0.3 is 11.9 Å². The van der Waals surface area contributed by atoms with E-state index >= 15 is 0 Å². The minimum atomic E-state index is -0.640. The molecule has 0 fully saturated rings. The molecule has 0 unspecified atom stereocenters. The van der Waals surface area contributed by atoms with E-state index in [1.807, 2.05) is 0 Å². The summed E-state index contributed by atoms with van der Waals surface area (Å²) in [6.07, 6.45) is 7.63. The number of esters is 2. The Morgan fingerprint density at radius 3 is 2.67 bits per heavy atom. The fourth-order valence-corrected chi connectivity index (χ4v) is 0.672. The topological polar surface area (TPSA) is 43.4 Å². The molecular formula is C9H8O3. The van der Waals surface area contributed by atoms with Gasteiger partial charge in [0.25, 0.3) is 0 Å². The first kappa shape index (κ1) is 8.46. The smallest absolute Gasteiger partial charge is 0.341 e. The van der Waals surface area contributed by atoms with Gasteiger partial charge in [-0.1, -0.05) is 24.3 Å². The van der Waals surface area contributed by atoms with Gasteiger partial charge in [0.2, 0.25) is 0 Å². The highest BCUT2D eigenvalue weighted by atomic mass is 16.6. The summed E-state index contributed by atoms with van der Waals surface area (Å²) in [5, 5.41) is 0. The molecule has 1 heterocycles. The zero-order valence-corrected chi connectivity index (χ0v) is 6.61. The molecule has 12 heavy (non-hydrogen) atoms. The Kier molecular flexibility index (Phi) is 2.58. The molecule has 0 N–H and O–H groups in total. The summed E-state index contributed by atoms with van der Waals surface area (Å²) in [4.78, 5) is 21.7. The van der Waals surface area contributed by atoms with Gasteiger partial charge in [-0.3, -0.25) is 0 Å². The quantitative estimate of drug-likeness (QED) is 0.398. The second-order valence-corrected chi connectivity index (χ2v) is 2.30. The normalized spacial score (nSPS) is 27.2. The van der Waals surface area contributed by atoms with E-state index in [9.17, 15) is 9.59 Å². The van der Waals surface area contributed by atoms with Crippen molar-refractivity contribution in [2.45, 2.75) is 6.92 Å². The van der Waals surface area contributed by atoms with E-state index in [2.05, 4.69) is 4.74 Å². The lowest BCUT2D eigenvalue weighted by Gasteiger charge is -1.97. The van der Waals surface area contributed by atoms with Gasteiger partial charge in [-0.05, 0) is 6.92 Å². The Labute approximate surface area is 70.0 Å². The van der Waals surface area contributed by atoms with Gasteiger partial charge in [0.15, 0.2) is 0 Å². The Balaban J connectivity index is 2.92. The van der Waals surface area contributed by atoms with Crippen molar-refractivity contribution in [2.75, 3.05) is 0 Å². The summed E-state index contributed by atoms with van der Waals surface area (Å²) >= 11 is 0. The number of hydrogen-bond acceptors (Lipinski definition) is 3. The fraction of sp³-hybridized carbons (Fsp3) is 0.111. The lowest BCUT2D eigenvalue weighted by atomic mass is 10.3. The molecular weight excluding hydrogens is 156 g/mol. The first-order valence-electron chi connectivity index (χ1n) is 3.48. The van der Waals surface area contributed by atoms with Crippen LogP contribution in [0, 0.1) is 0 Å². The number of allylic oxidation sites excluding steroid dienone is 4. The van der Waals surface area contributed by atoms with Gasteiger partial charge in [0.1, 0.15) is 0 Å². The highest BCUT2D eigenvalue weighted by Crippen LogP contribution is 2.00. The molecule has 1 aliphatic rings. The zero-order valence-electron chi connectivity index (χ0n) is 6.61. The van der Waals surface area contributed by atoms with Crippen LogP contribution in [0.15, 0.2) is 36.0 Å². The largest absolute Gasteiger partial charge is 0.386 e. The third-order valence-electron chi connectivity index (χ3n) is 1.32. The molecule has 0 amide bonds. The van der Waals surface area contributed by atoms with E-state index in [0.29, 0.717) is 5.57 Å². The highest BCUT2D eigenvalue weighted by Gasteiger charge is 2.09. The molecule has 0 aromatic carbocycles. The monoisotopic (exact) mass is 164 g/mol. The Hall–Kier alpha value is -1.64. The minimum Gasteiger partial charge on any atom is -0.386 e. The lowest BCUT2D eigenvalue weighted by Crippen LogP contribution is -2.10. The molecule has 3 heteroatoms. The number of rotatable bonds is 0. The first-order valence-corrected chi connectivity index (χ1v) is 3.48. The zero-order chi connectivity index (χ0) is 8.97. The molecule has 0 aliphatic carbocycles. The summed E-state index contributed by atoms with van der Waals surface area (Å²) in [5.74, 6) is -1.24. The predicted octanol–water partition coefficient (Wildman–Crippen LogP) is 1.13. The average molecular weight is 164 g/mol. The molecule has 0 atom stereocenters. The van der Waals surface area contributed by atoms with Crippen LogP contribution in [0.3, 0.4) is 0 Å². The van der Waals surface area contributed by atoms with Crippen molar-refractivity contribution in [2.24, 2.45) is 0 Å². The summed E-state index contributed by atoms with van der Waals surface area (Å²) in [7, 11) is 0. The SMILES string of the molecule is C\C1=C/C=C\C=C\C(=O)OC1=O. The molecule has 0 radical (unpaired) electrons.